The molecule has 0 aliphatic carbocycles. The molecule has 18 heavy (non-hydrogen) atoms. The highest BCUT2D eigenvalue weighted by atomic mass is 32.2. The van der Waals surface area contributed by atoms with Crippen LogP contribution in [0.2, 0.25) is 0 Å². The van der Waals surface area contributed by atoms with Gasteiger partial charge in [0, 0.05) is 10.6 Å². The van der Waals surface area contributed by atoms with Crippen molar-refractivity contribution in [1.82, 2.24) is 9.97 Å². The molecular weight excluding hydrogens is 242 g/mol. The Kier molecular flexibility index (Phi) is 2.11. The van der Waals surface area contributed by atoms with Gasteiger partial charge in [-0.25, -0.2) is 4.98 Å². The molecule has 1 unspecified atom stereocenters. The van der Waals surface area contributed by atoms with E-state index >= 15 is 0 Å². The summed E-state index contributed by atoms with van der Waals surface area (Å²) in [4.78, 5) is 9.30. The third-order valence-electron chi connectivity index (χ3n) is 3.07. The van der Waals surface area contributed by atoms with Crippen molar-refractivity contribution in [3.05, 3.63) is 54.4 Å². The number of hydrogen-bond acceptors (Lipinski definition) is 3. The third kappa shape index (κ3) is 1.49. The molecule has 0 radical (unpaired) electrons. The molecule has 0 saturated carbocycles. The van der Waals surface area contributed by atoms with Gasteiger partial charge in [-0.1, -0.05) is 36.0 Å². The summed E-state index contributed by atoms with van der Waals surface area (Å²) in [6.07, 6.45) is 0. The Morgan fingerprint density at radius 2 is 1.83 bits per heavy atom. The number of hydrogen-bond donors (Lipinski definition) is 2. The van der Waals surface area contributed by atoms with E-state index in [4.69, 9.17) is 0 Å². The molecule has 0 fully saturated rings. The average molecular weight is 253 g/mol. The molecule has 0 saturated heterocycles. The van der Waals surface area contributed by atoms with Crippen molar-refractivity contribution >= 4 is 28.5 Å². The lowest BCUT2D eigenvalue weighted by atomic mass is 10.3. The van der Waals surface area contributed by atoms with Crippen molar-refractivity contribution in [2.45, 2.75) is 10.3 Å². The standard InChI is InChI=1S/C14H11N3S/c1-2-6-10-9(5-1)15-13(16-10)14-17-11-7-3-4-8-12(11)18-14/h1-8,14,17H,(H,15,16). The predicted molar refractivity (Wildman–Crippen MR) is 74.8 cm³/mol. The second kappa shape index (κ2) is 3.78. The normalized spacial score (nSPS) is 17.7. The minimum atomic E-state index is 0.176. The summed E-state index contributed by atoms with van der Waals surface area (Å²) in [7, 11) is 0. The van der Waals surface area contributed by atoms with E-state index in [1.165, 1.54) is 10.6 Å². The van der Waals surface area contributed by atoms with E-state index in [9.17, 15) is 0 Å². The average Bonchev–Trinajstić information content (AvgIpc) is 3.02. The molecular formula is C14H11N3S. The molecule has 1 aliphatic heterocycles. The smallest absolute Gasteiger partial charge is 0.140 e. The zero-order valence-corrected chi connectivity index (χ0v) is 10.4. The number of benzene rings is 2. The van der Waals surface area contributed by atoms with Crippen LogP contribution in [0, 0.1) is 0 Å². The molecule has 2 N–H and O–H groups in total. The van der Waals surface area contributed by atoms with Crippen LogP contribution in [0.15, 0.2) is 53.4 Å². The number of H-pyrrole nitrogens is 1. The van der Waals surface area contributed by atoms with Gasteiger partial charge in [0.05, 0.1) is 11.0 Å². The van der Waals surface area contributed by atoms with Crippen LogP contribution in [0.3, 0.4) is 0 Å². The molecule has 1 atom stereocenters. The first kappa shape index (κ1) is 10.0. The van der Waals surface area contributed by atoms with Gasteiger partial charge in [0.25, 0.3) is 0 Å². The minimum Gasteiger partial charge on any atom is -0.366 e. The molecule has 4 heteroatoms. The monoisotopic (exact) mass is 253 g/mol. The molecule has 1 aliphatic rings. The summed E-state index contributed by atoms with van der Waals surface area (Å²) < 4.78 is 0. The van der Waals surface area contributed by atoms with Crippen molar-refractivity contribution in [2.75, 3.05) is 5.32 Å². The molecule has 0 bridgehead atoms. The Labute approximate surface area is 109 Å². The van der Waals surface area contributed by atoms with Gasteiger partial charge in [-0.3, -0.25) is 0 Å². The number of thioether (sulfide) groups is 1. The lowest BCUT2D eigenvalue weighted by molar-refractivity contribution is 0.999. The summed E-state index contributed by atoms with van der Waals surface area (Å²) in [5.74, 6) is 0.984. The highest BCUT2D eigenvalue weighted by Gasteiger charge is 2.24. The van der Waals surface area contributed by atoms with Crippen molar-refractivity contribution < 1.29 is 0 Å². The number of rotatable bonds is 1. The fourth-order valence-electron chi connectivity index (χ4n) is 2.21. The van der Waals surface area contributed by atoms with Crippen LogP contribution in [-0.2, 0) is 0 Å². The topological polar surface area (TPSA) is 40.7 Å². The van der Waals surface area contributed by atoms with Gasteiger partial charge in [0.2, 0.25) is 0 Å². The van der Waals surface area contributed by atoms with Gasteiger partial charge in [-0.15, -0.1) is 0 Å². The number of aromatic amines is 1. The fourth-order valence-corrected chi connectivity index (χ4v) is 3.28. The number of fused-ring (bicyclic) bond motifs is 2. The van der Waals surface area contributed by atoms with Gasteiger partial charge in [0.1, 0.15) is 11.2 Å². The summed E-state index contributed by atoms with van der Waals surface area (Å²) in [6, 6.07) is 16.5. The number of imidazole rings is 1. The first-order valence-corrected chi connectivity index (χ1v) is 6.75. The predicted octanol–water partition coefficient (Wildman–Crippen LogP) is 3.78. The molecule has 0 amide bonds. The second-order valence-corrected chi connectivity index (χ2v) is 5.42. The highest BCUT2D eigenvalue weighted by molar-refractivity contribution is 8.00. The molecule has 0 spiro atoms. The maximum absolute atomic E-state index is 4.64. The Hall–Kier alpha value is -1.94. The van der Waals surface area contributed by atoms with Gasteiger partial charge in [-0.05, 0) is 24.3 Å². The Morgan fingerprint density at radius 1 is 1.00 bits per heavy atom. The molecule has 88 valence electrons. The van der Waals surface area contributed by atoms with E-state index in [1.54, 1.807) is 11.8 Å². The largest absolute Gasteiger partial charge is 0.366 e. The van der Waals surface area contributed by atoms with Crippen molar-refractivity contribution in [3.63, 3.8) is 0 Å². The van der Waals surface area contributed by atoms with Crippen LogP contribution in [-0.4, -0.2) is 9.97 Å². The molecule has 2 aromatic carbocycles. The van der Waals surface area contributed by atoms with Gasteiger partial charge in [0.15, 0.2) is 0 Å². The zero-order valence-electron chi connectivity index (χ0n) is 9.55. The number of nitrogens with zero attached hydrogens (tertiary/aromatic N) is 1. The summed E-state index contributed by atoms with van der Waals surface area (Å²) in [5.41, 5.74) is 3.30. The van der Waals surface area contributed by atoms with Gasteiger partial charge >= 0.3 is 0 Å². The van der Waals surface area contributed by atoms with Crippen LogP contribution in [0.4, 0.5) is 5.69 Å². The van der Waals surface area contributed by atoms with Crippen LogP contribution in [0.25, 0.3) is 11.0 Å². The van der Waals surface area contributed by atoms with Crippen molar-refractivity contribution in [2.24, 2.45) is 0 Å². The van der Waals surface area contributed by atoms with Crippen LogP contribution in [0.5, 0.6) is 0 Å². The first-order valence-electron chi connectivity index (χ1n) is 5.87. The molecule has 3 aromatic rings. The van der Waals surface area contributed by atoms with E-state index in [0.29, 0.717) is 0 Å². The highest BCUT2D eigenvalue weighted by Crippen LogP contribution is 2.45. The van der Waals surface area contributed by atoms with E-state index in [-0.39, 0.29) is 5.37 Å². The number of para-hydroxylation sites is 3. The summed E-state index contributed by atoms with van der Waals surface area (Å²) >= 11 is 1.80. The van der Waals surface area contributed by atoms with Gasteiger partial charge in [-0.2, -0.15) is 0 Å². The summed E-state index contributed by atoms with van der Waals surface area (Å²) in [6.45, 7) is 0. The third-order valence-corrected chi connectivity index (χ3v) is 4.26. The maximum Gasteiger partial charge on any atom is 0.140 e. The van der Waals surface area contributed by atoms with E-state index < -0.39 is 0 Å². The van der Waals surface area contributed by atoms with Crippen LogP contribution in [0.1, 0.15) is 11.2 Å². The van der Waals surface area contributed by atoms with E-state index in [0.717, 1.165) is 16.9 Å². The Bertz CT molecular complexity index is 662. The molecule has 3 nitrogen and oxygen atoms in total. The number of nitrogens with one attached hydrogen (secondary N) is 2. The number of anilines is 1. The molecule has 4 rings (SSSR count). The van der Waals surface area contributed by atoms with Crippen LogP contribution >= 0.6 is 11.8 Å². The van der Waals surface area contributed by atoms with E-state index in [1.807, 2.05) is 24.3 Å². The SMILES string of the molecule is c1ccc2c(c1)NC(c1nc3ccccc3[nH]1)S2. The first-order chi connectivity index (χ1) is 8.90. The fraction of sp³-hybridized carbons (Fsp3) is 0.0714. The summed E-state index contributed by atoms with van der Waals surface area (Å²) in [5, 5.41) is 3.66. The quantitative estimate of drug-likeness (QED) is 0.693. The van der Waals surface area contributed by atoms with Gasteiger partial charge < -0.3 is 10.3 Å². The van der Waals surface area contributed by atoms with E-state index in [2.05, 4.69) is 39.6 Å². The number of aromatic nitrogens is 2. The molecule has 1 aromatic heterocycles. The lowest BCUT2D eigenvalue weighted by Crippen LogP contribution is -2.02. The molecule has 2 heterocycles. The maximum atomic E-state index is 4.64. The zero-order chi connectivity index (χ0) is 11.9. The Morgan fingerprint density at radius 3 is 2.72 bits per heavy atom. The van der Waals surface area contributed by atoms with Crippen LogP contribution < -0.4 is 5.32 Å². The second-order valence-electron chi connectivity index (χ2n) is 4.28. The van der Waals surface area contributed by atoms with Crippen molar-refractivity contribution in [3.8, 4) is 0 Å². The van der Waals surface area contributed by atoms with Crippen molar-refractivity contribution in [1.29, 1.82) is 0 Å². The minimum absolute atomic E-state index is 0.176. The lowest BCUT2D eigenvalue weighted by Gasteiger charge is -2.05. The Balaban J connectivity index is 1.73.